The molecule has 0 saturated carbocycles. The number of rotatable bonds is 14. The van der Waals surface area contributed by atoms with Gasteiger partial charge in [-0.25, -0.2) is 0 Å². The topological polar surface area (TPSA) is 42.6 Å². The van der Waals surface area contributed by atoms with Crippen molar-refractivity contribution < 1.29 is 8.83 Å². The van der Waals surface area contributed by atoms with E-state index >= 15 is 0 Å². The fourth-order valence-electron chi connectivity index (χ4n) is 21.2. The number of anilines is 6. The summed E-state index contributed by atoms with van der Waals surface area (Å²) in [5.74, 6) is 0. The molecule has 4 heterocycles. The van der Waals surface area contributed by atoms with Crippen LogP contribution in [0.25, 0.3) is 219 Å². The second-order valence-corrected chi connectivity index (χ2v) is 34.9. The number of fused-ring (bicyclic) bond motifs is 21. The Balaban J connectivity index is 0.000000140. The molecule has 0 aliphatic heterocycles. The molecule has 4 aromatic heterocycles. The van der Waals surface area contributed by atoms with Crippen LogP contribution >= 0.6 is 0 Å². The highest BCUT2D eigenvalue weighted by Crippen LogP contribution is 2.48. The molecule has 6 nitrogen and oxygen atoms in total. The first kappa shape index (κ1) is 77.3. The third kappa shape index (κ3) is 13.1. The molecule has 0 spiro atoms. The average Bonchev–Trinajstić information content (AvgIpc) is 1.70. The lowest BCUT2D eigenvalue weighted by Gasteiger charge is -2.27. The number of hydrogen-bond acceptors (Lipinski definition) is 4. The Kier molecular flexibility index (Phi) is 18.5. The number of para-hydroxylation sites is 8. The predicted molar refractivity (Wildman–Crippen MR) is 566 cm³/mol. The van der Waals surface area contributed by atoms with Gasteiger partial charge in [0.15, 0.2) is 0 Å². The number of hydrogen-bond donors (Lipinski definition) is 0. The van der Waals surface area contributed by atoms with E-state index in [-0.39, 0.29) is 0 Å². The summed E-state index contributed by atoms with van der Waals surface area (Å²) < 4.78 is 17.3. The fourth-order valence-corrected chi connectivity index (χ4v) is 21.2. The lowest BCUT2D eigenvalue weighted by atomic mass is 9.94. The molecule has 626 valence electrons. The van der Waals surface area contributed by atoms with Crippen LogP contribution in [0.15, 0.2) is 506 Å². The van der Waals surface area contributed by atoms with Gasteiger partial charge in [0.25, 0.3) is 0 Å². The van der Waals surface area contributed by atoms with Crippen LogP contribution in [0, 0.1) is 0 Å². The van der Waals surface area contributed by atoms with Crippen molar-refractivity contribution in [3.05, 3.63) is 497 Å². The first-order valence-electron chi connectivity index (χ1n) is 45.9. The van der Waals surface area contributed by atoms with Crippen LogP contribution in [0.3, 0.4) is 0 Å². The van der Waals surface area contributed by atoms with Gasteiger partial charge < -0.3 is 27.8 Å². The van der Waals surface area contributed by atoms with Crippen LogP contribution in [0.5, 0.6) is 0 Å². The quantitative estimate of drug-likeness (QED) is 0.102. The van der Waals surface area contributed by atoms with Crippen molar-refractivity contribution in [1.82, 2.24) is 9.13 Å². The third-order valence-electron chi connectivity index (χ3n) is 27.4. The lowest BCUT2D eigenvalue weighted by Crippen LogP contribution is -2.10. The maximum atomic E-state index is 6.22. The maximum Gasteiger partial charge on any atom is 0.136 e. The summed E-state index contributed by atoms with van der Waals surface area (Å²) in [6.07, 6.45) is 0. The van der Waals surface area contributed by atoms with Gasteiger partial charge in [-0.05, 0) is 243 Å². The second kappa shape index (κ2) is 32.1. The van der Waals surface area contributed by atoms with E-state index in [0.29, 0.717) is 0 Å². The summed E-state index contributed by atoms with van der Waals surface area (Å²) in [5.41, 5.74) is 31.3. The summed E-state index contributed by atoms with van der Waals surface area (Å²) in [6.45, 7) is 0. The van der Waals surface area contributed by atoms with E-state index in [4.69, 9.17) is 8.83 Å². The highest BCUT2D eigenvalue weighted by Gasteiger charge is 2.24. The van der Waals surface area contributed by atoms with Crippen LogP contribution in [0.2, 0.25) is 0 Å². The Hall–Kier alpha value is -17.8. The van der Waals surface area contributed by atoms with Crippen LogP contribution in [-0.4, -0.2) is 9.13 Å². The van der Waals surface area contributed by atoms with Gasteiger partial charge in [0.1, 0.15) is 22.3 Å². The lowest BCUT2D eigenvalue weighted by molar-refractivity contribution is 0.668. The van der Waals surface area contributed by atoms with Gasteiger partial charge in [0.2, 0.25) is 0 Å². The maximum absolute atomic E-state index is 6.22. The summed E-state index contributed by atoms with van der Waals surface area (Å²) >= 11 is 0. The Morgan fingerprint density at radius 3 is 0.828 bits per heavy atom. The molecule has 23 aromatic carbocycles. The van der Waals surface area contributed by atoms with E-state index in [2.05, 4.69) is 492 Å². The molecule has 0 atom stereocenters. The summed E-state index contributed by atoms with van der Waals surface area (Å²) in [7, 11) is 0. The third-order valence-corrected chi connectivity index (χ3v) is 27.4. The largest absolute Gasteiger partial charge is 0.456 e. The fraction of sp³-hybridized carbons (Fsp3) is 0. The van der Waals surface area contributed by atoms with Gasteiger partial charge in [0, 0.05) is 88.3 Å². The highest BCUT2D eigenvalue weighted by atomic mass is 16.3. The number of nitrogens with zero attached hydrogens (tertiary/aromatic N) is 4. The highest BCUT2D eigenvalue weighted by molar-refractivity contribution is 6.26. The Labute approximate surface area is 773 Å². The molecule has 27 aromatic rings. The first-order chi connectivity index (χ1) is 66.5. The van der Waals surface area contributed by atoms with Crippen LogP contribution in [0.4, 0.5) is 34.1 Å². The smallest absolute Gasteiger partial charge is 0.136 e. The van der Waals surface area contributed by atoms with Crippen molar-refractivity contribution in [2.75, 3.05) is 9.80 Å². The molecular weight excluding hydrogens is 1630 g/mol. The van der Waals surface area contributed by atoms with Gasteiger partial charge >= 0.3 is 0 Å². The van der Waals surface area contributed by atoms with Crippen molar-refractivity contribution in [2.24, 2.45) is 0 Å². The zero-order chi connectivity index (χ0) is 88.3. The monoisotopic (exact) mass is 1710 g/mol. The van der Waals surface area contributed by atoms with Gasteiger partial charge in [0.05, 0.1) is 33.4 Å². The first-order valence-corrected chi connectivity index (χ1v) is 45.9. The van der Waals surface area contributed by atoms with E-state index < -0.39 is 0 Å². The molecule has 27 rings (SSSR count). The Morgan fingerprint density at radius 1 is 0.149 bits per heavy atom. The second-order valence-electron chi connectivity index (χ2n) is 34.9. The molecule has 0 aliphatic rings. The molecule has 0 amide bonds. The minimum atomic E-state index is 0.907. The summed E-state index contributed by atoms with van der Waals surface area (Å²) in [5, 5.41) is 22.1. The standard InChI is InChI=1S/C66H42N2O.C62H40N2O/c1-2-17-54-52(15-1)53-16-3-4-18-55(53)60-42-49(40-41-56(54)60)67(47-36-32-44(33-37-47)43-28-30-46(31-29-43)51-22-13-27-65-66(51)59-21-8-12-26-64(59)69-65)48-38-34-45(35-39-48)50-14-5-9-23-61(50)68-62-24-10-6-19-57(62)58-20-7-11-25-63(58)68;1-2-13-50-43(12-1)28-29-46-40-49(38-39-51(46)50)63(47-34-30-42(31-35-47)41-24-26-45(27-25-41)53-18-11-23-61-62(53)56-17-6-10-22-60(56)65-61)48-36-32-44(33-37-48)52-14-3-7-19-57(52)64-58-20-8-4-15-54(58)55-16-5-9-21-59(55)64/h1-42H;1-40H. The zero-order valence-corrected chi connectivity index (χ0v) is 72.9. The number of furan rings is 2. The van der Waals surface area contributed by atoms with Gasteiger partial charge in [-0.3, -0.25) is 0 Å². The molecule has 0 fully saturated rings. The molecule has 0 saturated heterocycles. The van der Waals surface area contributed by atoms with Crippen molar-refractivity contribution in [1.29, 1.82) is 0 Å². The van der Waals surface area contributed by atoms with Crippen molar-refractivity contribution in [3.8, 4) is 78.1 Å². The molecule has 0 unspecified atom stereocenters. The molecule has 0 N–H and O–H groups in total. The van der Waals surface area contributed by atoms with E-state index in [9.17, 15) is 0 Å². The van der Waals surface area contributed by atoms with Crippen molar-refractivity contribution in [3.63, 3.8) is 0 Å². The average molecular weight is 1710 g/mol. The van der Waals surface area contributed by atoms with Gasteiger partial charge in [-0.15, -0.1) is 0 Å². The summed E-state index contributed by atoms with van der Waals surface area (Å²) in [4.78, 5) is 4.77. The van der Waals surface area contributed by atoms with Crippen LogP contribution in [-0.2, 0) is 0 Å². The molecule has 0 bridgehead atoms. The van der Waals surface area contributed by atoms with E-state index in [1.54, 1.807) is 0 Å². The van der Waals surface area contributed by atoms with Crippen molar-refractivity contribution in [2.45, 2.75) is 0 Å². The molecule has 0 aliphatic carbocycles. The van der Waals surface area contributed by atoms with Crippen LogP contribution in [0.1, 0.15) is 0 Å². The minimum absolute atomic E-state index is 0.907. The Bertz CT molecular complexity index is 9160. The van der Waals surface area contributed by atoms with E-state index in [0.717, 1.165) is 123 Å². The van der Waals surface area contributed by atoms with E-state index in [1.807, 2.05) is 24.3 Å². The zero-order valence-electron chi connectivity index (χ0n) is 72.9. The number of benzene rings is 23. The molecule has 0 radical (unpaired) electrons. The number of aromatic nitrogens is 2. The molecular formula is C128H82N4O2. The Morgan fingerprint density at radius 2 is 0.410 bits per heavy atom. The van der Waals surface area contributed by atoms with Gasteiger partial charge in [-0.1, -0.05) is 364 Å². The van der Waals surface area contributed by atoms with Gasteiger partial charge in [-0.2, -0.15) is 0 Å². The predicted octanol–water partition coefficient (Wildman–Crippen LogP) is 36.1. The van der Waals surface area contributed by atoms with Crippen LogP contribution < -0.4 is 9.80 Å². The SMILES string of the molecule is c1ccc(-n2c3ccccc3c3ccccc32)c(-c2ccc(N(c3ccc(-c4ccc(-c5cccc6oc7ccccc7c56)cc4)cc3)c3ccc4c(ccc5ccccc54)c3)cc2)c1.c1ccc(-n2c3ccccc3c3ccccc32)c(-c2ccc(N(c3ccc(-c4ccc(-c5cccc6oc7ccccc7c56)cc4)cc3)c3ccc4c5ccccc5c5ccccc5c4c3)cc2)c1. The minimum Gasteiger partial charge on any atom is -0.456 e. The molecule has 134 heavy (non-hydrogen) atoms. The van der Waals surface area contributed by atoms with Crippen molar-refractivity contribution >= 4 is 175 Å². The summed E-state index contributed by atoms with van der Waals surface area (Å²) in [6, 6.07) is 180. The normalized spacial score (nSPS) is 11.7. The molecule has 6 heteroatoms. The van der Waals surface area contributed by atoms with E-state index in [1.165, 1.54) is 131 Å².